The molecule has 0 amide bonds. The van der Waals surface area contributed by atoms with Gasteiger partial charge in [0, 0.05) is 31.4 Å². The van der Waals surface area contributed by atoms with E-state index < -0.39 is 0 Å². The lowest BCUT2D eigenvalue weighted by molar-refractivity contribution is 0.122. The first-order valence-corrected chi connectivity index (χ1v) is 8.55. The number of morpholine rings is 1. The van der Waals surface area contributed by atoms with Crippen molar-refractivity contribution < 1.29 is 4.74 Å². The minimum absolute atomic E-state index is 0.791. The first kappa shape index (κ1) is 15.7. The van der Waals surface area contributed by atoms with Crippen molar-refractivity contribution in [2.45, 2.75) is 25.8 Å². The molecule has 0 aromatic carbocycles. The van der Waals surface area contributed by atoms with Crippen LogP contribution in [0.4, 0.5) is 5.82 Å². The third-order valence-electron chi connectivity index (χ3n) is 4.44. The lowest BCUT2D eigenvalue weighted by atomic mass is 10.2. The molecule has 5 nitrogen and oxygen atoms in total. The monoisotopic (exact) mass is 303 g/mol. The predicted octanol–water partition coefficient (Wildman–Crippen LogP) is 1.29. The molecule has 2 aliphatic heterocycles. The highest BCUT2D eigenvalue weighted by Crippen LogP contribution is 2.17. The number of nitrogens with zero attached hydrogens (tertiary/aromatic N) is 3. The highest BCUT2D eigenvalue weighted by molar-refractivity contribution is 5.46. The Labute approximate surface area is 133 Å². The molecular formula is C17H27N4O. The second-order valence-electron chi connectivity index (χ2n) is 6.07. The number of hydrogen-bond acceptors (Lipinski definition) is 5. The summed E-state index contributed by atoms with van der Waals surface area (Å²) in [5.74, 6) is 1.07. The van der Waals surface area contributed by atoms with Crippen LogP contribution in [0.5, 0.6) is 0 Å². The number of aromatic nitrogens is 1. The number of hydrogen-bond donors (Lipinski definition) is 1. The van der Waals surface area contributed by atoms with E-state index in [9.17, 15) is 0 Å². The van der Waals surface area contributed by atoms with Crippen molar-refractivity contribution in [2.24, 2.45) is 0 Å². The maximum Gasteiger partial charge on any atom is 0.133 e. The van der Waals surface area contributed by atoms with E-state index in [2.05, 4.69) is 26.2 Å². The van der Waals surface area contributed by atoms with Crippen molar-refractivity contribution in [3.63, 3.8) is 0 Å². The maximum absolute atomic E-state index is 5.42. The summed E-state index contributed by atoms with van der Waals surface area (Å²) >= 11 is 0. The lowest BCUT2D eigenvalue weighted by Gasteiger charge is -2.29. The van der Waals surface area contributed by atoms with Gasteiger partial charge in [-0.1, -0.05) is 0 Å². The Hall–Kier alpha value is -1.17. The number of rotatable bonds is 7. The van der Waals surface area contributed by atoms with Crippen LogP contribution >= 0.6 is 0 Å². The van der Waals surface area contributed by atoms with Gasteiger partial charge in [0.25, 0.3) is 0 Å². The fourth-order valence-electron chi connectivity index (χ4n) is 3.21. The third kappa shape index (κ3) is 4.41. The average molecular weight is 303 g/mol. The first-order valence-electron chi connectivity index (χ1n) is 8.55. The van der Waals surface area contributed by atoms with E-state index >= 15 is 0 Å². The molecule has 2 fully saturated rings. The summed E-state index contributed by atoms with van der Waals surface area (Å²) in [6.45, 7) is 9.13. The molecule has 0 aliphatic carbocycles. The quantitative estimate of drug-likeness (QED) is 0.769. The molecule has 0 saturated carbocycles. The molecule has 5 heteroatoms. The van der Waals surface area contributed by atoms with Crippen LogP contribution in [0.25, 0.3) is 0 Å². The number of likely N-dealkylation sites (tertiary alicyclic amines) is 1. The highest BCUT2D eigenvalue weighted by Gasteiger charge is 2.15. The van der Waals surface area contributed by atoms with Gasteiger partial charge in [-0.15, -0.1) is 0 Å². The van der Waals surface area contributed by atoms with E-state index in [0.29, 0.717) is 0 Å². The summed E-state index contributed by atoms with van der Waals surface area (Å²) in [5.41, 5.74) is 1.17. The van der Waals surface area contributed by atoms with Gasteiger partial charge in [0.05, 0.1) is 13.2 Å². The fourth-order valence-corrected chi connectivity index (χ4v) is 3.21. The standard InChI is InChI=1S/C17H27N4O/c1-2-9-20(8-1)10-4-6-18-15-16-5-3-7-19-17(16)21-11-13-22-14-12-21/h3,7,18H,1-2,4,6,8-15H2. The van der Waals surface area contributed by atoms with Gasteiger partial charge in [0.2, 0.25) is 0 Å². The van der Waals surface area contributed by atoms with E-state index in [1.807, 2.05) is 12.3 Å². The van der Waals surface area contributed by atoms with Gasteiger partial charge in [-0.3, -0.25) is 0 Å². The normalized spacial score (nSPS) is 19.7. The Kier molecular flexibility index (Phi) is 6.04. The molecule has 2 aliphatic rings. The molecular weight excluding hydrogens is 276 g/mol. The largest absolute Gasteiger partial charge is 0.378 e. The van der Waals surface area contributed by atoms with Crippen molar-refractivity contribution in [2.75, 3.05) is 57.4 Å². The van der Waals surface area contributed by atoms with Crippen LogP contribution in [0.15, 0.2) is 12.3 Å². The van der Waals surface area contributed by atoms with Crippen LogP contribution in [0.2, 0.25) is 0 Å². The molecule has 121 valence electrons. The Morgan fingerprint density at radius 3 is 2.82 bits per heavy atom. The van der Waals surface area contributed by atoms with Gasteiger partial charge in [0.1, 0.15) is 5.82 Å². The third-order valence-corrected chi connectivity index (χ3v) is 4.44. The molecule has 0 unspecified atom stereocenters. The van der Waals surface area contributed by atoms with Crippen LogP contribution in [0, 0.1) is 6.07 Å². The van der Waals surface area contributed by atoms with E-state index in [-0.39, 0.29) is 0 Å². The van der Waals surface area contributed by atoms with Crippen LogP contribution in [-0.4, -0.2) is 62.4 Å². The second-order valence-corrected chi connectivity index (χ2v) is 6.07. The lowest BCUT2D eigenvalue weighted by Crippen LogP contribution is -2.37. The predicted molar refractivity (Wildman–Crippen MR) is 88.1 cm³/mol. The average Bonchev–Trinajstić information content (AvgIpc) is 3.09. The molecule has 0 atom stereocenters. The first-order chi connectivity index (χ1) is 10.9. The molecule has 1 aromatic rings. The number of nitrogens with one attached hydrogen (secondary N) is 1. The smallest absolute Gasteiger partial charge is 0.133 e. The van der Waals surface area contributed by atoms with Crippen LogP contribution < -0.4 is 10.2 Å². The molecule has 0 spiro atoms. The van der Waals surface area contributed by atoms with Gasteiger partial charge >= 0.3 is 0 Å². The van der Waals surface area contributed by atoms with E-state index in [4.69, 9.17) is 4.74 Å². The van der Waals surface area contributed by atoms with Crippen molar-refractivity contribution >= 4 is 5.82 Å². The Bertz CT molecular complexity index is 442. The fraction of sp³-hybridized carbons (Fsp3) is 0.706. The number of anilines is 1. The summed E-state index contributed by atoms with van der Waals surface area (Å²) < 4.78 is 5.42. The van der Waals surface area contributed by atoms with Crippen LogP contribution in [-0.2, 0) is 11.3 Å². The van der Waals surface area contributed by atoms with E-state index in [1.165, 1.54) is 44.5 Å². The molecule has 1 radical (unpaired) electrons. The van der Waals surface area contributed by atoms with Crippen molar-refractivity contribution in [3.05, 3.63) is 23.9 Å². The zero-order chi connectivity index (χ0) is 15.0. The zero-order valence-corrected chi connectivity index (χ0v) is 13.4. The van der Waals surface area contributed by atoms with E-state index in [0.717, 1.165) is 45.2 Å². The van der Waals surface area contributed by atoms with Gasteiger partial charge in [0.15, 0.2) is 0 Å². The molecule has 1 aromatic heterocycles. The van der Waals surface area contributed by atoms with Gasteiger partial charge < -0.3 is 19.9 Å². The molecule has 0 bridgehead atoms. The number of ether oxygens (including phenoxy) is 1. The molecule has 22 heavy (non-hydrogen) atoms. The Morgan fingerprint density at radius 1 is 1.18 bits per heavy atom. The van der Waals surface area contributed by atoms with Gasteiger partial charge in [-0.2, -0.15) is 0 Å². The van der Waals surface area contributed by atoms with Crippen molar-refractivity contribution in [1.29, 1.82) is 0 Å². The minimum Gasteiger partial charge on any atom is -0.378 e. The molecule has 1 N–H and O–H groups in total. The minimum atomic E-state index is 0.791. The second kappa shape index (κ2) is 8.46. The Balaban J connectivity index is 1.43. The summed E-state index contributed by atoms with van der Waals surface area (Å²) in [6.07, 6.45) is 5.80. The van der Waals surface area contributed by atoms with Crippen LogP contribution in [0.3, 0.4) is 0 Å². The van der Waals surface area contributed by atoms with E-state index in [1.54, 1.807) is 0 Å². The summed E-state index contributed by atoms with van der Waals surface area (Å²) in [6, 6.07) is 5.26. The topological polar surface area (TPSA) is 40.6 Å². The molecule has 3 heterocycles. The number of pyridine rings is 1. The molecule has 2 saturated heterocycles. The van der Waals surface area contributed by atoms with Crippen molar-refractivity contribution in [3.8, 4) is 0 Å². The van der Waals surface area contributed by atoms with Gasteiger partial charge in [-0.05, 0) is 57.6 Å². The summed E-state index contributed by atoms with van der Waals surface area (Å²) in [7, 11) is 0. The molecule has 3 rings (SSSR count). The van der Waals surface area contributed by atoms with Gasteiger partial charge in [-0.25, -0.2) is 4.98 Å². The Morgan fingerprint density at radius 2 is 2.00 bits per heavy atom. The zero-order valence-electron chi connectivity index (χ0n) is 13.4. The highest BCUT2D eigenvalue weighted by atomic mass is 16.5. The summed E-state index contributed by atoms with van der Waals surface area (Å²) in [5, 5.41) is 3.55. The van der Waals surface area contributed by atoms with Crippen molar-refractivity contribution in [1.82, 2.24) is 15.2 Å². The maximum atomic E-state index is 5.42. The summed E-state index contributed by atoms with van der Waals surface area (Å²) in [4.78, 5) is 9.43. The van der Waals surface area contributed by atoms with Crippen LogP contribution in [0.1, 0.15) is 24.8 Å². The SMILES string of the molecule is [c]1ccnc(N2CCOCC2)c1CNCCCN1CCCC1.